The number of amides is 2. The van der Waals surface area contributed by atoms with E-state index in [0.29, 0.717) is 35.8 Å². The van der Waals surface area contributed by atoms with Gasteiger partial charge in [0.25, 0.3) is 0 Å². The third-order valence-electron chi connectivity index (χ3n) is 4.58. The van der Waals surface area contributed by atoms with Crippen LogP contribution in [0.3, 0.4) is 0 Å². The first kappa shape index (κ1) is 23.9. The smallest absolute Gasteiger partial charge is 0.410 e. The number of thioether (sulfide) groups is 1. The molecule has 3 rings (SSSR count). The molecule has 0 atom stereocenters. The molecule has 0 spiro atoms. The number of thiophene rings is 1. The summed E-state index contributed by atoms with van der Waals surface area (Å²) in [6.45, 7) is 6.18. The van der Waals surface area contributed by atoms with Gasteiger partial charge in [0.1, 0.15) is 10.6 Å². The molecule has 0 saturated heterocycles. The van der Waals surface area contributed by atoms with Crippen LogP contribution in [0.4, 0.5) is 15.5 Å². The van der Waals surface area contributed by atoms with Gasteiger partial charge in [0.2, 0.25) is 5.91 Å². The van der Waals surface area contributed by atoms with E-state index in [1.54, 1.807) is 17.0 Å². The summed E-state index contributed by atoms with van der Waals surface area (Å²) in [5, 5.41) is 3.28. The number of carbonyl (C=O) groups is 3. The van der Waals surface area contributed by atoms with Crippen LogP contribution in [0.5, 0.6) is 0 Å². The minimum absolute atomic E-state index is 0.163. The molecular weight excluding hydrogens is 450 g/mol. The molecule has 1 aliphatic rings. The Labute approximate surface area is 195 Å². The fraction of sp³-hybridized carbons (Fsp3) is 0.409. The van der Waals surface area contributed by atoms with Crippen molar-refractivity contribution in [3.8, 4) is 0 Å². The number of ether oxygens (including phenoxy) is 2. The standard InChI is InChI=1S/C22H27N3O5S2/c1-22(2,3)30-21(28)25-9-8-15-16(11-25)32-19(18(15)20(27)29-4)24-17(26)12-31-14-7-5-6-13(23)10-14/h5-7,10H,8-9,11-12,23H2,1-4H3,(H,24,26). The summed E-state index contributed by atoms with van der Waals surface area (Å²) in [6, 6.07) is 7.29. The number of hydrogen-bond acceptors (Lipinski definition) is 8. The lowest BCUT2D eigenvalue weighted by Crippen LogP contribution is -2.39. The largest absolute Gasteiger partial charge is 0.465 e. The molecule has 0 fully saturated rings. The Balaban J connectivity index is 1.74. The van der Waals surface area contributed by atoms with Gasteiger partial charge in [0, 0.05) is 22.0 Å². The molecule has 1 aromatic carbocycles. The SMILES string of the molecule is COC(=O)c1c(NC(=O)CSc2cccc(N)c2)sc2c1CCN(C(=O)OC(C)(C)C)C2. The first-order valence-electron chi connectivity index (χ1n) is 10.1. The van der Waals surface area contributed by atoms with E-state index in [-0.39, 0.29) is 11.7 Å². The molecular formula is C22H27N3O5S2. The van der Waals surface area contributed by atoms with E-state index in [0.717, 1.165) is 15.3 Å². The molecule has 172 valence electrons. The van der Waals surface area contributed by atoms with Crippen LogP contribution in [-0.2, 0) is 27.2 Å². The lowest BCUT2D eigenvalue weighted by Gasteiger charge is -2.30. The molecule has 1 aromatic heterocycles. The predicted molar refractivity (Wildman–Crippen MR) is 126 cm³/mol. The molecule has 0 aliphatic carbocycles. The Kier molecular flexibility index (Phi) is 7.35. The van der Waals surface area contributed by atoms with Crippen LogP contribution in [0.2, 0.25) is 0 Å². The summed E-state index contributed by atoms with van der Waals surface area (Å²) < 4.78 is 10.4. The molecule has 2 aromatic rings. The van der Waals surface area contributed by atoms with Crippen molar-refractivity contribution in [2.24, 2.45) is 0 Å². The quantitative estimate of drug-likeness (QED) is 0.378. The van der Waals surface area contributed by atoms with Gasteiger partial charge in [-0.1, -0.05) is 6.07 Å². The van der Waals surface area contributed by atoms with Crippen LogP contribution in [0.25, 0.3) is 0 Å². The van der Waals surface area contributed by atoms with E-state index >= 15 is 0 Å². The molecule has 2 amide bonds. The van der Waals surface area contributed by atoms with E-state index in [9.17, 15) is 14.4 Å². The summed E-state index contributed by atoms with van der Waals surface area (Å²) >= 11 is 2.64. The summed E-state index contributed by atoms with van der Waals surface area (Å²) in [7, 11) is 1.31. The van der Waals surface area contributed by atoms with Crippen molar-refractivity contribution in [3.63, 3.8) is 0 Å². The van der Waals surface area contributed by atoms with Crippen molar-refractivity contribution in [1.82, 2.24) is 4.90 Å². The topological polar surface area (TPSA) is 111 Å². The van der Waals surface area contributed by atoms with Crippen molar-refractivity contribution in [2.45, 2.75) is 44.2 Å². The second-order valence-electron chi connectivity index (χ2n) is 8.26. The zero-order valence-corrected chi connectivity index (χ0v) is 20.2. The van der Waals surface area contributed by atoms with Crippen molar-refractivity contribution < 1.29 is 23.9 Å². The van der Waals surface area contributed by atoms with Gasteiger partial charge < -0.3 is 25.4 Å². The number of nitrogens with one attached hydrogen (secondary N) is 1. The molecule has 8 nitrogen and oxygen atoms in total. The van der Waals surface area contributed by atoms with Crippen LogP contribution in [0.1, 0.15) is 41.6 Å². The van der Waals surface area contributed by atoms with Crippen molar-refractivity contribution >= 4 is 51.8 Å². The molecule has 3 N–H and O–H groups in total. The maximum atomic E-state index is 12.6. The Morgan fingerprint density at radius 3 is 2.69 bits per heavy atom. The van der Waals surface area contributed by atoms with Gasteiger partial charge in [-0.3, -0.25) is 4.79 Å². The molecule has 0 radical (unpaired) electrons. The van der Waals surface area contributed by atoms with E-state index in [4.69, 9.17) is 15.2 Å². The number of nitrogens with zero attached hydrogens (tertiary/aromatic N) is 1. The van der Waals surface area contributed by atoms with Gasteiger partial charge in [0.15, 0.2) is 0 Å². The number of carbonyl (C=O) groups excluding carboxylic acids is 3. The van der Waals surface area contributed by atoms with E-state index in [1.165, 1.54) is 30.2 Å². The molecule has 1 aliphatic heterocycles. The van der Waals surface area contributed by atoms with Crippen molar-refractivity contribution in [2.75, 3.05) is 30.5 Å². The third kappa shape index (κ3) is 5.95. The first-order chi connectivity index (χ1) is 15.1. The summed E-state index contributed by atoms with van der Waals surface area (Å²) in [5.74, 6) is -0.589. The van der Waals surface area contributed by atoms with Crippen LogP contribution in [0.15, 0.2) is 29.2 Å². The van der Waals surface area contributed by atoms with Crippen LogP contribution < -0.4 is 11.1 Å². The molecule has 0 bridgehead atoms. The van der Waals surface area contributed by atoms with Crippen LogP contribution in [0, 0.1) is 0 Å². The van der Waals surface area contributed by atoms with Crippen LogP contribution >= 0.6 is 23.1 Å². The van der Waals surface area contributed by atoms with Gasteiger partial charge in [-0.15, -0.1) is 23.1 Å². The van der Waals surface area contributed by atoms with Gasteiger partial charge in [-0.25, -0.2) is 9.59 Å². The summed E-state index contributed by atoms with van der Waals surface area (Å²) in [5.41, 5.74) is 6.98. The maximum absolute atomic E-state index is 12.6. The Morgan fingerprint density at radius 2 is 2.03 bits per heavy atom. The molecule has 2 heterocycles. The monoisotopic (exact) mass is 477 g/mol. The minimum Gasteiger partial charge on any atom is -0.465 e. The van der Waals surface area contributed by atoms with Crippen LogP contribution in [-0.4, -0.2) is 47.9 Å². The number of nitrogen functional groups attached to an aromatic ring is 1. The average Bonchev–Trinajstić information content (AvgIpc) is 3.07. The number of benzene rings is 1. The highest BCUT2D eigenvalue weighted by molar-refractivity contribution is 8.00. The molecule has 0 unspecified atom stereocenters. The normalized spacial score (nSPS) is 13.3. The number of fused-ring (bicyclic) bond motifs is 1. The minimum atomic E-state index is -0.593. The van der Waals surface area contributed by atoms with E-state index < -0.39 is 17.7 Å². The van der Waals surface area contributed by atoms with E-state index in [1.807, 2.05) is 32.9 Å². The Hall–Kier alpha value is -2.72. The van der Waals surface area contributed by atoms with Crippen molar-refractivity contribution in [1.29, 1.82) is 0 Å². The zero-order valence-electron chi connectivity index (χ0n) is 18.5. The number of methoxy groups -OCH3 is 1. The number of rotatable bonds is 5. The second kappa shape index (κ2) is 9.83. The molecule has 0 saturated carbocycles. The zero-order chi connectivity index (χ0) is 23.5. The second-order valence-corrected chi connectivity index (χ2v) is 10.4. The van der Waals surface area contributed by atoms with Gasteiger partial charge >= 0.3 is 12.1 Å². The number of esters is 1. The Morgan fingerprint density at radius 1 is 1.28 bits per heavy atom. The molecule has 32 heavy (non-hydrogen) atoms. The maximum Gasteiger partial charge on any atom is 0.410 e. The number of hydrogen-bond donors (Lipinski definition) is 2. The molecule has 10 heteroatoms. The fourth-order valence-corrected chi connectivity index (χ4v) is 5.24. The lowest BCUT2D eigenvalue weighted by atomic mass is 10.0. The number of nitrogens with two attached hydrogens (primary N) is 1. The predicted octanol–water partition coefficient (Wildman–Crippen LogP) is 4.14. The first-order valence-corrected chi connectivity index (χ1v) is 11.9. The average molecular weight is 478 g/mol. The third-order valence-corrected chi connectivity index (χ3v) is 6.71. The summed E-state index contributed by atoms with van der Waals surface area (Å²) in [4.78, 5) is 40.8. The van der Waals surface area contributed by atoms with E-state index in [2.05, 4.69) is 5.32 Å². The van der Waals surface area contributed by atoms with Gasteiger partial charge in [0.05, 0.1) is 25.0 Å². The lowest BCUT2D eigenvalue weighted by molar-refractivity contribution is -0.113. The highest BCUT2D eigenvalue weighted by Crippen LogP contribution is 2.38. The fourth-order valence-electron chi connectivity index (χ4n) is 3.21. The highest BCUT2D eigenvalue weighted by Gasteiger charge is 2.32. The highest BCUT2D eigenvalue weighted by atomic mass is 32.2. The summed E-state index contributed by atoms with van der Waals surface area (Å²) in [6.07, 6.45) is 0.0731. The number of anilines is 2. The Bertz CT molecular complexity index is 1030. The van der Waals surface area contributed by atoms with Gasteiger partial charge in [-0.2, -0.15) is 0 Å². The van der Waals surface area contributed by atoms with Crippen molar-refractivity contribution in [3.05, 3.63) is 40.3 Å². The van der Waals surface area contributed by atoms with Gasteiger partial charge in [-0.05, 0) is 51.0 Å².